The summed E-state index contributed by atoms with van der Waals surface area (Å²) in [4.78, 5) is 35.9. The van der Waals surface area contributed by atoms with Crippen LogP contribution in [0.5, 0.6) is 0 Å². The van der Waals surface area contributed by atoms with E-state index in [1.807, 2.05) is 44.2 Å². The Labute approximate surface area is 188 Å². The minimum atomic E-state index is -0.124. The lowest BCUT2D eigenvalue weighted by Crippen LogP contribution is -2.25. The molecule has 0 atom stereocenters. The molecule has 160 valence electrons. The van der Waals surface area contributed by atoms with E-state index in [1.165, 1.54) is 23.1 Å². The zero-order chi connectivity index (χ0) is 22.1. The van der Waals surface area contributed by atoms with Crippen LogP contribution in [0.1, 0.15) is 25.0 Å². The number of aryl methyl sites for hydroxylation is 2. The Morgan fingerprint density at radius 3 is 2.84 bits per heavy atom. The summed E-state index contributed by atoms with van der Waals surface area (Å²) in [5.41, 5.74) is 3.50. The minimum Gasteiger partial charge on any atom is -0.325 e. The average Bonchev–Trinajstić information content (AvgIpc) is 3.10. The van der Waals surface area contributed by atoms with Crippen molar-refractivity contribution >= 4 is 55.1 Å². The molecule has 0 unspecified atom stereocenters. The van der Waals surface area contributed by atoms with Gasteiger partial charge in [-0.05, 0) is 49.1 Å². The molecular weight excluding hydrogens is 428 g/mol. The molecule has 0 aliphatic heterocycles. The molecule has 1 amide bonds. The Bertz CT molecular complexity index is 1340. The lowest BCUT2D eigenvalue weighted by Gasteiger charge is -2.14. The highest BCUT2D eigenvalue weighted by Crippen LogP contribution is 2.30. The smallest absolute Gasteiger partial charge is 0.272 e. The van der Waals surface area contributed by atoms with E-state index in [4.69, 9.17) is 4.98 Å². The van der Waals surface area contributed by atoms with Crippen molar-refractivity contribution in [3.8, 4) is 0 Å². The van der Waals surface area contributed by atoms with Crippen molar-refractivity contribution in [2.24, 2.45) is 5.92 Å². The molecule has 3 heterocycles. The predicted molar refractivity (Wildman–Crippen MR) is 129 cm³/mol. The minimum absolute atomic E-state index is 0.0702. The van der Waals surface area contributed by atoms with Crippen LogP contribution in [0.2, 0.25) is 0 Å². The van der Waals surface area contributed by atoms with Gasteiger partial charge in [-0.3, -0.25) is 14.2 Å². The lowest BCUT2D eigenvalue weighted by molar-refractivity contribution is -0.113. The summed E-state index contributed by atoms with van der Waals surface area (Å²) < 4.78 is 2.30. The molecule has 0 saturated heterocycles. The van der Waals surface area contributed by atoms with Gasteiger partial charge in [-0.15, -0.1) is 11.3 Å². The number of thioether (sulfide) groups is 1. The predicted octanol–water partition coefficient (Wildman–Crippen LogP) is 5.01. The fourth-order valence-electron chi connectivity index (χ4n) is 3.36. The van der Waals surface area contributed by atoms with Crippen molar-refractivity contribution in [1.29, 1.82) is 0 Å². The summed E-state index contributed by atoms with van der Waals surface area (Å²) in [6.45, 7) is 8.63. The van der Waals surface area contributed by atoms with E-state index in [2.05, 4.69) is 24.1 Å². The number of fused-ring (bicyclic) bond motifs is 3. The number of pyridine rings is 1. The number of nitrogens with zero attached hydrogens (tertiary/aromatic N) is 3. The molecule has 1 N–H and O–H groups in total. The average molecular weight is 453 g/mol. The number of nitrogens with one attached hydrogen (secondary N) is 1. The first-order valence-corrected chi connectivity index (χ1v) is 11.9. The van der Waals surface area contributed by atoms with Crippen LogP contribution in [0.15, 0.2) is 46.5 Å². The van der Waals surface area contributed by atoms with E-state index in [9.17, 15) is 9.59 Å². The second-order valence-corrected chi connectivity index (χ2v) is 9.94. The number of hydrogen-bond acceptors (Lipinski definition) is 6. The fraction of sp³-hybridized carbons (Fsp3) is 0.304. The van der Waals surface area contributed by atoms with Gasteiger partial charge in [0.2, 0.25) is 5.91 Å². The van der Waals surface area contributed by atoms with E-state index < -0.39 is 0 Å². The lowest BCUT2D eigenvalue weighted by atomic mass is 10.1. The summed E-state index contributed by atoms with van der Waals surface area (Å²) in [6, 6.07) is 9.75. The standard InChI is InChI=1S/C23H24N4O2S2/c1-13(2)11-27-22(29)20-19(16-6-5-9-24-21(16)31-20)26-23(27)30-12-18(28)25-17-10-14(3)7-8-15(17)4/h5-10,13H,11-12H2,1-4H3,(H,25,28). The van der Waals surface area contributed by atoms with Gasteiger partial charge < -0.3 is 5.32 Å². The molecule has 31 heavy (non-hydrogen) atoms. The summed E-state index contributed by atoms with van der Waals surface area (Å²) in [7, 11) is 0. The van der Waals surface area contributed by atoms with Gasteiger partial charge in [-0.1, -0.05) is 37.7 Å². The van der Waals surface area contributed by atoms with Crippen LogP contribution in [0, 0.1) is 19.8 Å². The second kappa shape index (κ2) is 8.80. The fourth-order valence-corrected chi connectivity index (χ4v) is 5.20. The Morgan fingerprint density at radius 1 is 1.26 bits per heavy atom. The highest BCUT2D eigenvalue weighted by Gasteiger charge is 2.18. The number of amides is 1. The van der Waals surface area contributed by atoms with Gasteiger partial charge >= 0.3 is 0 Å². The van der Waals surface area contributed by atoms with Gasteiger partial charge in [-0.25, -0.2) is 9.97 Å². The molecule has 0 saturated carbocycles. The van der Waals surface area contributed by atoms with Gasteiger partial charge in [0, 0.05) is 23.8 Å². The van der Waals surface area contributed by atoms with E-state index >= 15 is 0 Å². The molecule has 8 heteroatoms. The van der Waals surface area contributed by atoms with Crippen LogP contribution in [0.4, 0.5) is 5.69 Å². The van der Waals surface area contributed by atoms with Gasteiger partial charge in [0.05, 0.1) is 11.3 Å². The molecule has 4 rings (SSSR count). The van der Waals surface area contributed by atoms with Gasteiger partial charge in [0.25, 0.3) is 5.56 Å². The highest BCUT2D eigenvalue weighted by atomic mass is 32.2. The maximum atomic E-state index is 13.3. The van der Waals surface area contributed by atoms with Crippen molar-refractivity contribution in [3.63, 3.8) is 0 Å². The van der Waals surface area contributed by atoms with E-state index in [1.54, 1.807) is 10.8 Å². The van der Waals surface area contributed by atoms with Gasteiger partial charge in [0.1, 0.15) is 9.53 Å². The summed E-state index contributed by atoms with van der Waals surface area (Å²) >= 11 is 2.66. The number of aromatic nitrogens is 3. The monoisotopic (exact) mass is 452 g/mol. The first kappa shape index (κ1) is 21.5. The maximum absolute atomic E-state index is 13.3. The largest absolute Gasteiger partial charge is 0.325 e. The number of carbonyl (C=O) groups is 1. The van der Waals surface area contributed by atoms with E-state index in [0.717, 1.165) is 27.0 Å². The van der Waals surface area contributed by atoms with Crippen LogP contribution in [-0.4, -0.2) is 26.2 Å². The van der Waals surface area contributed by atoms with Crippen LogP contribution >= 0.6 is 23.1 Å². The van der Waals surface area contributed by atoms with Crippen molar-refractivity contribution in [3.05, 3.63) is 58.0 Å². The van der Waals surface area contributed by atoms with E-state index in [0.29, 0.717) is 21.9 Å². The number of rotatable bonds is 6. The molecule has 0 radical (unpaired) electrons. The van der Waals surface area contributed by atoms with Crippen LogP contribution in [0.3, 0.4) is 0 Å². The van der Waals surface area contributed by atoms with Crippen molar-refractivity contribution in [1.82, 2.24) is 14.5 Å². The van der Waals surface area contributed by atoms with Crippen LogP contribution in [-0.2, 0) is 11.3 Å². The number of hydrogen-bond donors (Lipinski definition) is 1. The second-order valence-electron chi connectivity index (χ2n) is 8.00. The first-order chi connectivity index (χ1) is 14.8. The molecule has 0 aliphatic rings. The zero-order valence-corrected chi connectivity index (χ0v) is 19.6. The van der Waals surface area contributed by atoms with Crippen LogP contribution < -0.4 is 10.9 Å². The third-order valence-corrected chi connectivity index (χ3v) is 6.93. The number of thiophene rings is 1. The van der Waals surface area contributed by atoms with Crippen molar-refractivity contribution in [2.75, 3.05) is 11.1 Å². The SMILES string of the molecule is Cc1ccc(C)c(NC(=O)CSc2nc3c(sc4ncccc43)c(=O)n2CC(C)C)c1. The number of carbonyl (C=O) groups excluding carboxylic acids is 1. The number of anilines is 1. The van der Waals surface area contributed by atoms with Crippen molar-refractivity contribution in [2.45, 2.75) is 39.4 Å². The summed E-state index contributed by atoms with van der Waals surface area (Å²) in [5, 5.41) is 4.41. The zero-order valence-electron chi connectivity index (χ0n) is 17.9. The molecule has 0 bridgehead atoms. The molecule has 4 aromatic rings. The summed E-state index contributed by atoms with van der Waals surface area (Å²) in [5.74, 6) is 0.317. The quantitative estimate of drug-likeness (QED) is 0.329. The first-order valence-electron chi connectivity index (χ1n) is 10.1. The Balaban J connectivity index is 1.66. The molecule has 6 nitrogen and oxygen atoms in total. The highest BCUT2D eigenvalue weighted by molar-refractivity contribution is 7.99. The van der Waals surface area contributed by atoms with Crippen LogP contribution in [0.25, 0.3) is 20.4 Å². The third-order valence-electron chi connectivity index (χ3n) is 4.87. The topological polar surface area (TPSA) is 76.9 Å². The molecular formula is C23H24N4O2S2. The molecule has 1 aromatic carbocycles. The Morgan fingerprint density at radius 2 is 2.06 bits per heavy atom. The third kappa shape index (κ3) is 4.50. The van der Waals surface area contributed by atoms with Gasteiger partial charge in [0.15, 0.2) is 5.16 Å². The summed E-state index contributed by atoms with van der Waals surface area (Å²) in [6.07, 6.45) is 1.72. The van der Waals surface area contributed by atoms with Gasteiger partial charge in [-0.2, -0.15) is 0 Å². The Kier molecular flexibility index (Phi) is 6.11. The van der Waals surface area contributed by atoms with Crippen molar-refractivity contribution < 1.29 is 4.79 Å². The molecule has 0 aliphatic carbocycles. The Hall–Kier alpha value is -2.71. The molecule has 3 aromatic heterocycles. The van der Waals surface area contributed by atoms with E-state index in [-0.39, 0.29) is 23.1 Å². The normalized spacial score (nSPS) is 11.5. The number of benzene rings is 1. The molecule has 0 fully saturated rings. The molecule has 0 spiro atoms. The maximum Gasteiger partial charge on any atom is 0.272 e.